The van der Waals surface area contributed by atoms with Crippen LogP contribution in [0.3, 0.4) is 0 Å². The lowest BCUT2D eigenvalue weighted by Crippen LogP contribution is -2.01. The first-order valence-corrected chi connectivity index (χ1v) is 11.6. The van der Waals surface area contributed by atoms with Gasteiger partial charge in [0.2, 0.25) is 0 Å². The number of thiophene rings is 1. The monoisotopic (exact) mass is 405 g/mol. The van der Waals surface area contributed by atoms with E-state index in [9.17, 15) is 0 Å². The predicted octanol–water partition coefficient (Wildman–Crippen LogP) is 7.59. The van der Waals surface area contributed by atoms with Gasteiger partial charge in [-0.05, 0) is 78.6 Å². The van der Waals surface area contributed by atoms with Crippen LogP contribution in [0.4, 0.5) is 0 Å². The van der Waals surface area contributed by atoms with Gasteiger partial charge in [-0.3, -0.25) is 4.98 Å². The van der Waals surface area contributed by atoms with Gasteiger partial charge in [0.15, 0.2) is 0 Å². The highest BCUT2D eigenvalue weighted by Gasteiger charge is 2.16. The first-order chi connectivity index (χ1) is 14.8. The summed E-state index contributed by atoms with van der Waals surface area (Å²) in [6, 6.07) is 26.6. The SMILES string of the molecule is c1ccc(Cc2ccnc(-c3ccc4sc5c6c(ccc5c4c3)CCCC6)c2)cc1. The Bertz CT molecular complexity index is 1360. The zero-order valence-corrected chi connectivity index (χ0v) is 17.7. The average Bonchev–Trinajstić information content (AvgIpc) is 3.18. The molecule has 0 aliphatic heterocycles. The molecule has 5 aromatic rings. The van der Waals surface area contributed by atoms with Gasteiger partial charge in [0.25, 0.3) is 0 Å². The van der Waals surface area contributed by atoms with Crippen LogP contribution in [0.25, 0.3) is 31.4 Å². The fraction of sp³-hybridized carbons (Fsp3) is 0.179. The van der Waals surface area contributed by atoms with Gasteiger partial charge in [-0.2, -0.15) is 0 Å². The quantitative estimate of drug-likeness (QED) is 0.301. The predicted molar refractivity (Wildman–Crippen MR) is 128 cm³/mol. The van der Waals surface area contributed by atoms with Crippen molar-refractivity contribution in [1.82, 2.24) is 4.98 Å². The van der Waals surface area contributed by atoms with Gasteiger partial charge in [-0.1, -0.05) is 48.5 Å². The minimum Gasteiger partial charge on any atom is -0.256 e. The summed E-state index contributed by atoms with van der Waals surface area (Å²) >= 11 is 1.96. The molecule has 2 heteroatoms. The maximum atomic E-state index is 4.70. The van der Waals surface area contributed by atoms with Crippen LogP contribution in [0.5, 0.6) is 0 Å². The molecule has 0 fully saturated rings. The molecule has 0 N–H and O–H groups in total. The maximum absolute atomic E-state index is 4.70. The molecule has 0 spiro atoms. The van der Waals surface area contributed by atoms with Crippen LogP contribution < -0.4 is 0 Å². The van der Waals surface area contributed by atoms with Crippen LogP contribution in [-0.2, 0) is 19.3 Å². The molecule has 0 saturated heterocycles. The molecule has 0 saturated carbocycles. The summed E-state index contributed by atoms with van der Waals surface area (Å²) in [5.74, 6) is 0. The van der Waals surface area contributed by atoms with Crippen molar-refractivity contribution < 1.29 is 0 Å². The minimum absolute atomic E-state index is 0.937. The van der Waals surface area contributed by atoms with Gasteiger partial charge < -0.3 is 0 Å². The highest BCUT2D eigenvalue weighted by molar-refractivity contribution is 7.26. The van der Waals surface area contributed by atoms with E-state index in [0.29, 0.717) is 0 Å². The van der Waals surface area contributed by atoms with Crippen molar-refractivity contribution in [2.75, 3.05) is 0 Å². The highest BCUT2D eigenvalue weighted by Crippen LogP contribution is 2.40. The summed E-state index contributed by atoms with van der Waals surface area (Å²) in [6.45, 7) is 0. The van der Waals surface area contributed by atoms with Crippen molar-refractivity contribution >= 4 is 31.5 Å². The summed E-state index contributed by atoms with van der Waals surface area (Å²) in [5, 5.41) is 2.79. The topological polar surface area (TPSA) is 12.9 Å². The summed E-state index contributed by atoms with van der Waals surface area (Å²) < 4.78 is 2.89. The number of nitrogens with zero attached hydrogens (tertiary/aromatic N) is 1. The molecular formula is C28H23NS. The summed E-state index contributed by atoms with van der Waals surface area (Å²) in [6.07, 6.45) is 8.01. The van der Waals surface area contributed by atoms with Crippen LogP contribution in [0, 0.1) is 0 Å². The molecule has 0 atom stereocenters. The van der Waals surface area contributed by atoms with E-state index >= 15 is 0 Å². The number of rotatable bonds is 3. The largest absolute Gasteiger partial charge is 0.256 e. The maximum Gasteiger partial charge on any atom is 0.0705 e. The normalized spacial score (nSPS) is 13.6. The van der Waals surface area contributed by atoms with Crippen molar-refractivity contribution in [3.05, 3.63) is 101 Å². The van der Waals surface area contributed by atoms with Gasteiger partial charge in [0, 0.05) is 31.9 Å². The second-order valence-electron chi connectivity index (χ2n) is 8.31. The Labute approximate surface area is 181 Å². The molecule has 1 nitrogen and oxygen atoms in total. The van der Waals surface area contributed by atoms with E-state index in [1.54, 1.807) is 11.1 Å². The van der Waals surface area contributed by atoms with Gasteiger partial charge in [-0.15, -0.1) is 11.3 Å². The molecule has 2 heterocycles. The second-order valence-corrected chi connectivity index (χ2v) is 9.36. The molecule has 1 aliphatic rings. The number of hydrogen-bond acceptors (Lipinski definition) is 2. The van der Waals surface area contributed by atoms with Crippen LogP contribution in [0.2, 0.25) is 0 Å². The Kier molecular flexibility index (Phi) is 4.39. The van der Waals surface area contributed by atoms with Crippen LogP contribution in [0.15, 0.2) is 79.0 Å². The van der Waals surface area contributed by atoms with E-state index < -0.39 is 0 Å². The lowest BCUT2D eigenvalue weighted by atomic mass is 9.90. The van der Waals surface area contributed by atoms with Crippen molar-refractivity contribution in [2.45, 2.75) is 32.1 Å². The molecule has 146 valence electrons. The van der Waals surface area contributed by atoms with Gasteiger partial charge >= 0.3 is 0 Å². The zero-order chi connectivity index (χ0) is 19.9. The zero-order valence-electron chi connectivity index (χ0n) is 16.9. The third-order valence-corrected chi connectivity index (χ3v) is 7.58. The van der Waals surface area contributed by atoms with Crippen molar-refractivity contribution in [3.8, 4) is 11.3 Å². The van der Waals surface area contributed by atoms with E-state index in [-0.39, 0.29) is 0 Å². The minimum atomic E-state index is 0.937. The first-order valence-electron chi connectivity index (χ1n) is 10.8. The lowest BCUT2D eigenvalue weighted by Gasteiger charge is -2.15. The van der Waals surface area contributed by atoms with Crippen LogP contribution >= 0.6 is 11.3 Å². The third-order valence-electron chi connectivity index (χ3n) is 6.33. The van der Waals surface area contributed by atoms with E-state index in [1.165, 1.54) is 62.5 Å². The summed E-state index contributed by atoms with van der Waals surface area (Å²) in [4.78, 5) is 4.70. The fourth-order valence-electron chi connectivity index (χ4n) is 4.80. The molecule has 2 aromatic heterocycles. The Morgan fingerprint density at radius 2 is 1.67 bits per heavy atom. The molecule has 0 bridgehead atoms. The molecule has 1 aliphatic carbocycles. The molecule has 3 aromatic carbocycles. The standard InChI is InChI=1S/C28H23NS/c1-2-6-19(7-3-1)16-20-14-15-29-26(17-20)22-11-13-27-25(18-22)24-12-10-21-8-4-5-9-23(21)28(24)30-27/h1-3,6-7,10-15,17-18H,4-5,8-9,16H2. The number of hydrogen-bond donors (Lipinski definition) is 0. The number of pyridine rings is 1. The molecule has 6 rings (SSSR count). The van der Waals surface area contributed by atoms with E-state index in [2.05, 4.69) is 72.8 Å². The second kappa shape index (κ2) is 7.37. The third kappa shape index (κ3) is 3.12. The van der Waals surface area contributed by atoms with Crippen LogP contribution in [-0.4, -0.2) is 4.98 Å². The van der Waals surface area contributed by atoms with E-state index in [0.717, 1.165) is 12.1 Å². The van der Waals surface area contributed by atoms with Gasteiger partial charge in [0.1, 0.15) is 0 Å². The fourth-order valence-corrected chi connectivity index (χ4v) is 6.07. The Balaban J connectivity index is 1.43. The Morgan fingerprint density at radius 3 is 2.60 bits per heavy atom. The lowest BCUT2D eigenvalue weighted by molar-refractivity contribution is 0.691. The number of aromatic nitrogens is 1. The molecule has 30 heavy (non-hydrogen) atoms. The van der Waals surface area contributed by atoms with Gasteiger partial charge in [0.05, 0.1) is 5.69 Å². The van der Waals surface area contributed by atoms with Gasteiger partial charge in [-0.25, -0.2) is 0 Å². The molecule has 0 amide bonds. The summed E-state index contributed by atoms with van der Waals surface area (Å²) in [7, 11) is 0. The number of benzene rings is 3. The van der Waals surface area contributed by atoms with Crippen LogP contribution in [0.1, 0.15) is 35.1 Å². The number of fused-ring (bicyclic) bond motifs is 5. The van der Waals surface area contributed by atoms with Crippen molar-refractivity contribution in [3.63, 3.8) is 0 Å². The first kappa shape index (κ1) is 17.9. The molecular weight excluding hydrogens is 382 g/mol. The van der Waals surface area contributed by atoms with E-state index in [4.69, 9.17) is 4.98 Å². The average molecular weight is 406 g/mol. The number of aryl methyl sites for hydroxylation is 2. The van der Waals surface area contributed by atoms with Crippen molar-refractivity contribution in [2.24, 2.45) is 0 Å². The smallest absolute Gasteiger partial charge is 0.0705 e. The Morgan fingerprint density at radius 1 is 0.767 bits per heavy atom. The van der Waals surface area contributed by atoms with Crippen molar-refractivity contribution in [1.29, 1.82) is 0 Å². The Hall–Kier alpha value is -2.97. The highest BCUT2D eigenvalue weighted by atomic mass is 32.1. The molecule has 0 unspecified atom stereocenters. The summed E-state index contributed by atoms with van der Waals surface area (Å²) in [5.41, 5.74) is 8.06. The van der Waals surface area contributed by atoms with E-state index in [1.807, 2.05) is 17.5 Å². The molecule has 0 radical (unpaired) electrons.